The molecule has 3 heteroatoms. The molecular weight excluding hydrogens is 235 g/mol. The quantitative estimate of drug-likeness (QED) is 0.849. The molecule has 0 aromatic heterocycles. The van der Waals surface area contributed by atoms with Gasteiger partial charge in [0.2, 0.25) is 0 Å². The fourth-order valence-electron chi connectivity index (χ4n) is 1.58. The number of aliphatic hydroxyl groups excluding tert-OH is 1. The van der Waals surface area contributed by atoms with Gasteiger partial charge in [0, 0.05) is 4.47 Å². The Morgan fingerprint density at radius 1 is 1.46 bits per heavy atom. The maximum atomic E-state index is 13.4. The Morgan fingerprint density at radius 3 is 2.69 bits per heavy atom. The molecule has 1 fully saturated rings. The first-order valence-corrected chi connectivity index (χ1v) is 5.11. The van der Waals surface area contributed by atoms with E-state index in [1.807, 2.05) is 0 Å². The summed E-state index contributed by atoms with van der Waals surface area (Å²) in [6.45, 7) is -0.0931. The standard InChI is InChI=1S/C10H10BrFO/c11-8-3-4-9(12)10(6-1-2-6)7(8)5-13/h3-4,6,13H,1-2,5H2. The molecule has 0 heterocycles. The highest BCUT2D eigenvalue weighted by molar-refractivity contribution is 9.10. The van der Waals surface area contributed by atoms with Crippen molar-refractivity contribution < 1.29 is 9.50 Å². The maximum Gasteiger partial charge on any atom is 0.127 e. The molecule has 0 unspecified atom stereocenters. The highest BCUT2D eigenvalue weighted by atomic mass is 79.9. The molecule has 1 aliphatic carbocycles. The van der Waals surface area contributed by atoms with Crippen molar-refractivity contribution in [2.75, 3.05) is 0 Å². The highest BCUT2D eigenvalue weighted by Gasteiger charge is 2.29. The molecule has 0 spiro atoms. The van der Waals surface area contributed by atoms with Gasteiger partial charge in [0.15, 0.2) is 0 Å². The molecule has 1 aromatic carbocycles. The van der Waals surface area contributed by atoms with Crippen molar-refractivity contribution in [3.63, 3.8) is 0 Å². The fraction of sp³-hybridized carbons (Fsp3) is 0.400. The summed E-state index contributed by atoms with van der Waals surface area (Å²) >= 11 is 3.31. The summed E-state index contributed by atoms with van der Waals surface area (Å²) in [6.07, 6.45) is 2.08. The van der Waals surface area contributed by atoms with Crippen molar-refractivity contribution in [3.05, 3.63) is 33.5 Å². The lowest BCUT2D eigenvalue weighted by Crippen LogP contribution is -1.97. The van der Waals surface area contributed by atoms with Crippen LogP contribution >= 0.6 is 15.9 Å². The molecule has 0 bridgehead atoms. The van der Waals surface area contributed by atoms with Gasteiger partial charge in [0.1, 0.15) is 5.82 Å². The number of hydrogen-bond acceptors (Lipinski definition) is 1. The van der Waals surface area contributed by atoms with Crippen LogP contribution in [0.25, 0.3) is 0 Å². The van der Waals surface area contributed by atoms with Crippen LogP contribution in [0.1, 0.15) is 29.9 Å². The van der Waals surface area contributed by atoms with Crippen molar-refractivity contribution in [1.29, 1.82) is 0 Å². The number of hydrogen-bond donors (Lipinski definition) is 1. The van der Waals surface area contributed by atoms with Crippen molar-refractivity contribution in [2.45, 2.75) is 25.4 Å². The van der Waals surface area contributed by atoms with Crippen LogP contribution in [-0.4, -0.2) is 5.11 Å². The second kappa shape index (κ2) is 3.39. The third kappa shape index (κ3) is 1.63. The van der Waals surface area contributed by atoms with Crippen molar-refractivity contribution in [3.8, 4) is 0 Å². The summed E-state index contributed by atoms with van der Waals surface area (Å²) in [5.74, 6) is 0.148. The van der Waals surface area contributed by atoms with Gasteiger partial charge in [0.25, 0.3) is 0 Å². The normalized spacial score (nSPS) is 16.2. The lowest BCUT2D eigenvalue weighted by molar-refractivity contribution is 0.279. The van der Waals surface area contributed by atoms with Crippen LogP contribution in [-0.2, 0) is 6.61 Å². The Hall–Kier alpha value is -0.410. The SMILES string of the molecule is OCc1c(Br)ccc(F)c1C1CC1. The summed E-state index contributed by atoms with van der Waals surface area (Å²) in [6, 6.07) is 3.10. The largest absolute Gasteiger partial charge is 0.392 e. The fourth-order valence-corrected chi connectivity index (χ4v) is 2.05. The third-order valence-electron chi connectivity index (χ3n) is 2.39. The summed E-state index contributed by atoms with van der Waals surface area (Å²) in [4.78, 5) is 0. The molecule has 0 radical (unpaired) electrons. The van der Waals surface area contributed by atoms with Gasteiger partial charge in [-0.05, 0) is 42.0 Å². The lowest BCUT2D eigenvalue weighted by Gasteiger charge is -2.09. The minimum absolute atomic E-state index is 0.0931. The maximum absolute atomic E-state index is 13.4. The van der Waals surface area contributed by atoms with Crippen LogP contribution in [0.4, 0.5) is 4.39 Å². The average Bonchev–Trinajstić information content (AvgIpc) is 2.91. The third-order valence-corrected chi connectivity index (χ3v) is 3.13. The summed E-state index contributed by atoms with van der Waals surface area (Å²) in [7, 11) is 0. The zero-order valence-corrected chi connectivity index (χ0v) is 8.64. The minimum Gasteiger partial charge on any atom is -0.392 e. The second-order valence-electron chi connectivity index (χ2n) is 3.35. The van der Waals surface area contributed by atoms with E-state index < -0.39 is 0 Å². The molecule has 1 aliphatic rings. The first-order chi connectivity index (χ1) is 6.24. The van der Waals surface area contributed by atoms with Crippen LogP contribution in [0.5, 0.6) is 0 Å². The monoisotopic (exact) mass is 244 g/mol. The van der Waals surface area contributed by atoms with Crippen LogP contribution in [0, 0.1) is 5.82 Å². The van der Waals surface area contributed by atoms with E-state index in [0.717, 1.165) is 17.3 Å². The van der Waals surface area contributed by atoms with Crippen molar-refractivity contribution >= 4 is 15.9 Å². The predicted molar refractivity (Wildman–Crippen MR) is 52.0 cm³/mol. The van der Waals surface area contributed by atoms with E-state index in [2.05, 4.69) is 15.9 Å². The number of aliphatic hydroxyl groups is 1. The van der Waals surface area contributed by atoms with E-state index in [1.54, 1.807) is 6.07 Å². The zero-order valence-electron chi connectivity index (χ0n) is 7.06. The Kier molecular flexibility index (Phi) is 2.39. The first kappa shape index (κ1) is 9.16. The van der Waals surface area contributed by atoms with Gasteiger partial charge in [-0.1, -0.05) is 15.9 Å². The van der Waals surface area contributed by atoms with Crippen molar-refractivity contribution in [2.24, 2.45) is 0 Å². The topological polar surface area (TPSA) is 20.2 Å². The molecule has 1 nitrogen and oxygen atoms in total. The van der Waals surface area contributed by atoms with E-state index in [9.17, 15) is 4.39 Å². The first-order valence-electron chi connectivity index (χ1n) is 4.31. The van der Waals surface area contributed by atoms with Gasteiger partial charge >= 0.3 is 0 Å². The average molecular weight is 245 g/mol. The van der Waals surface area contributed by atoms with Gasteiger partial charge in [0.05, 0.1) is 6.61 Å². The Balaban J connectivity index is 2.53. The van der Waals surface area contributed by atoms with E-state index in [-0.39, 0.29) is 12.4 Å². The van der Waals surface area contributed by atoms with Gasteiger partial charge in [-0.2, -0.15) is 0 Å². The van der Waals surface area contributed by atoms with Gasteiger partial charge in [-0.15, -0.1) is 0 Å². The Labute approximate surface area is 84.7 Å². The molecule has 1 aromatic rings. The van der Waals surface area contributed by atoms with Gasteiger partial charge in [-0.3, -0.25) is 0 Å². The van der Waals surface area contributed by atoms with Crippen molar-refractivity contribution in [1.82, 2.24) is 0 Å². The Morgan fingerprint density at radius 2 is 2.15 bits per heavy atom. The predicted octanol–water partition coefficient (Wildman–Crippen LogP) is 2.96. The van der Waals surface area contributed by atoms with E-state index in [0.29, 0.717) is 17.0 Å². The van der Waals surface area contributed by atoms with E-state index >= 15 is 0 Å². The number of halogens is 2. The molecule has 0 saturated heterocycles. The summed E-state index contributed by atoms with van der Waals surface area (Å²) < 4.78 is 14.2. The Bertz CT molecular complexity index is 334. The van der Waals surface area contributed by atoms with Gasteiger partial charge < -0.3 is 5.11 Å². The van der Waals surface area contributed by atoms with E-state index in [4.69, 9.17) is 5.11 Å². The van der Waals surface area contributed by atoms with E-state index in [1.165, 1.54) is 6.07 Å². The zero-order chi connectivity index (χ0) is 9.42. The van der Waals surface area contributed by atoms with Gasteiger partial charge in [-0.25, -0.2) is 4.39 Å². The highest BCUT2D eigenvalue weighted by Crippen LogP contribution is 2.44. The molecule has 2 rings (SSSR count). The van der Waals surface area contributed by atoms with Crippen LogP contribution in [0.15, 0.2) is 16.6 Å². The van der Waals surface area contributed by atoms with Crippen LogP contribution in [0.3, 0.4) is 0 Å². The summed E-state index contributed by atoms with van der Waals surface area (Å²) in [5, 5.41) is 9.10. The van der Waals surface area contributed by atoms with Crippen LogP contribution in [0.2, 0.25) is 0 Å². The smallest absolute Gasteiger partial charge is 0.127 e. The molecule has 1 N–H and O–H groups in total. The second-order valence-corrected chi connectivity index (χ2v) is 4.21. The molecular formula is C10H10BrFO. The number of benzene rings is 1. The number of rotatable bonds is 2. The molecule has 0 atom stereocenters. The van der Waals surface area contributed by atoms with Crippen LogP contribution < -0.4 is 0 Å². The lowest BCUT2D eigenvalue weighted by atomic mass is 10.0. The summed E-state index contributed by atoms with van der Waals surface area (Å²) in [5.41, 5.74) is 1.42. The molecule has 70 valence electrons. The molecule has 0 aliphatic heterocycles. The molecule has 1 saturated carbocycles. The molecule has 13 heavy (non-hydrogen) atoms. The minimum atomic E-state index is -0.185. The molecule has 0 amide bonds.